The molecule has 0 aliphatic heterocycles. The van der Waals surface area contributed by atoms with Crippen LogP contribution in [0.3, 0.4) is 0 Å². The molecule has 0 aliphatic rings. The SMILES string of the molecule is CC(C)n1ncc(Br)c1C(CCOCC(F)(F)F)NN. The van der Waals surface area contributed by atoms with Crippen LogP contribution in [0.15, 0.2) is 10.7 Å². The highest BCUT2D eigenvalue weighted by molar-refractivity contribution is 9.10. The fraction of sp³-hybridized carbons (Fsp3) is 0.727. The number of nitrogens with one attached hydrogen (secondary N) is 1. The van der Waals surface area contributed by atoms with Gasteiger partial charge in [-0.05, 0) is 36.2 Å². The molecule has 0 spiro atoms. The molecule has 0 saturated carbocycles. The van der Waals surface area contributed by atoms with Gasteiger partial charge >= 0.3 is 6.18 Å². The summed E-state index contributed by atoms with van der Waals surface area (Å²) >= 11 is 3.37. The van der Waals surface area contributed by atoms with E-state index < -0.39 is 12.8 Å². The summed E-state index contributed by atoms with van der Waals surface area (Å²) < 4.78 is 43.1. The van der Waals surface area contributed by atoms with Gasteiger partial charge in [0, 0.05) is 12.6 Å². The van der Waals surface area contributed by atoms with Gasteiger partial charge in [-0.25, -0.2) is 0 Å². The molecule has 1 rings (SSSR count). The number of nitrogens with two attached hydrogens (primary N) is 1. The van der Waals surface area contributed by atoms with Gasteiger partial charge in [-0.2, -0.15) is 18.3 Å². The Morgan fingerprint density at radius 2 is 2.15 bits per heavy atom. The molecule has 20 heavy (non-hydrogen) atoms. The van der Waals surface area contributed by atoms with E-state index in [0.29, 0.717) is 6.42 Å². The lowest BCUT2D eigenvalue weighted by atomic mass is 10.1. The molecule has 116 valence electrons. The summed E-state index contributed by atoms with van der Waals surface area (Å²) in [6.07, 6.45) is -2.37. The summed E-state index contributed by atoms with van der Waals surface area (Å²) in [7, 11) is 0. The lowest BCUT2D eigenvalue weighted by Crippen LogP contribution is -2.32. The fourth-order valence-corrected chi connectivity index (χ4v) is 2.33. The van der Waals surface area contributed by atoms with E-state index in [2.05, 4.69) is 31.2 Å². The quantitative estimate of drug-likeness (QED) is 0.446. The number of hydrogen-bond acceptors (Lipinski definition) is 4. The first-order chi connectivity index (χ1) is 9.26. The van der Waals surface area contributed by atoms with Crippen LogP contribution in [0, 0.1) is 0 Å². The molecular weight excluding hydrogens is 341 g/mol. The molecule has 5 nitrogen and oxygen atoms in total. The first-order valence-electron chi connectivity index (χ1n) is 6.09. The van der Waals surface area contributed by atoms with Gasteiger partial charge in [0.25, 0.3) is 0 Å². The summed E-state index contributed by atoms with van der Waals surface area (Å²) in [4.78, 5) is 0. The molecule has 1 aromatic heterocycles. The first kappa shape index (κ1) is 17.4. The summed E-state index contributed by atoms with van der Waals surface area (Å²) in [6, 6.07) is -0.231. The van der Waals surface area contributed by atoms with E-state index in [1.165, 1.54) is 0 Å². The zero-order valence-corrected chi connectivity index (χ0v) is 12.8. The van der Waals surface area contributed by atoms with E-state index in [1.54, 1.807) is 10.9 Å². The molecular formula is C11H18BrF3N4O. The summed E-state index contributed by atoms with van der Waals surface area (Å²) in [5, 5.41) is 4.21. The second-order valence-electron chi connectivity index (χ2n) is 4.59. The van der Waals surface area contributed by atoms with Gasteiger partial charge in [0.15, 0.2) is 0 Å². The normalized spacial score (nSPS) is 14.0. The average molecular weight is 359 g/mol. The van der Waals surface area contributed by atoms with Crippen LogP contribution in [0.2, 0.25) is 0 Å². The van der Waals surface area contributed by atoms with E-state index in [9.17, 15) is 13.2 Å². The van der Waals surface area contributed by atoms with Gasteiger partial charge in [0.1, 0.15) is 6.61 Å². The third-order valence-electron chi connectivity index (χ3n) is 2.62. The maximum absolute atomic E-state index is 12.0. The summed E-state index contributed by atoms with van der Waals surface area (Å²) in [5.41, 5.74) is 3.38. The van der Waals surface area contributed by atoms with Gasteiger partial charge in [0.05, 0.1) is 22.4 Å². The predicted molar refractivity (Wildman–Crippen MR) is 71.9 cm³/mol. The molecule has 0 aromatic carbocycles. The van der Waals surface area contributed by atoms with Crippen molar-refractivity contribution in [2.75, 3.05) is 13.2 Å². The predicted octanol–water partition coefficient (Wildman–Crippen LogP) is 2.70. The Kier molecular flexibility index (Phi) is 6.44. The Morgan fingerprint density at radius 1 is 1.50 bits per heavy atom. The molecule has 0 amide bonds. The van der Waals surface area contributed by atoms with Crippen LogP contribution in [0.5, 0.6) is 0 Å². The molecule has 0 saturated heterocycles. The highest BCUT2D eigenvalue weighted by Gasteiger charge is 2.28. The molecule has 3 N–H and O–H groups in total. The average Bonchev–Trinajstić information content (AvgIpc) is 2.70. The second kappa shape index (κ2) is 7.39. The molecule has 1 aromatic rings. The Hall–Kier alpha value is -0.640. The lowest BCUT2D eigenvalue weighted by molar-refractivity contribution is -0.174. The zero-order chi connectivity index (χ0) is 15.3. The number of hydrazine groups is 1. The van der Waals surface area contributed by atoms with Crippen LogP contribution in [0.4, 0.5) is 13.2 Å². The van der Waals surface area contributed by atoms with Crippen LogP contribution in [-0.4, -0.2) is 29.2 Å². The van der Waals surface area contributed by atoms with Gasteiger partial charge in [0.2, 0.25) is 0 Å². The summed E-state index contributed by atoms with van der Waals surface area (Å²) in [5.74, 6) is 5.48. The van der Waals surface area contributed by atoms with E-state index in [1.807, 2.05) is 13.8 Å². The first-order valence-corrected chi connectivity index (χ1v) is 6.89. The molecule has 0 aliphatic carbocycles. The highest BCUT2D eigenvalue weighted by atomic mass is 79.9. The minimum Gasteiger partial charge on any atom is -0.372 e. The third kappa shape index (κ3) is 5.04. The van der Waals surface area contributed by atoms with Crippen molar-refractivity contribution in [3.63, 3.8) is 0 Å². The van der Waals surface area contributed by atoms with Crippen molar-refractivity contribution >= 4 is 15.9 Å². The number of nitrogens with zero attached hydrogens (tertiary/aromatic N) is 2. The van der Waals surface area contributed by atoms with E-state index in [0.717, 1.165) is 10.2 Å². The molecule has 1 atom stereocenters. The van der Waals surface area contributed by atoms with Crippen molar-refractivity contribution in [2.45, 2.75) is 38.5 Å². The van der Waals surface area contributed by atoms with E-state index in [-0.39, 0.29) is 18.7 Å². The topological polar surface area (TPSA) is 65.1 Å². The van der Waals surface area contributed by atoms with Crippen LogP contribution in [0.1, 0.15) is 38.0 Å². The van der Waals surface area contributed by atoms with Crippen LogP contribution < -0.4 is 11.3 Å². The molecule has 0 bridgehead atoms. The van der Waals surface area contributed by atoms with Crippen molar-refractivity contribution < 1.29 is 17.9 Å². The van der Waals surface area contributed by atoms with Crippen LogP contribution in [-0.2, 0) is 4.74 Å². The second-order valence-corrected chi connectivity index (χ2v) is 5.45. The van der Waals surface area contributed by atoms with Gasteiger partial charge in [-0.3, -0.25) is 16.0 Å². The van der Waals surface area contributed by atoms with E-state index >= 15 is 0 Å². The Morgan fingerprint density at radius 3 is 2.65 bits per heavy atom. The zero-order valence-electron chi connectivity index (χ0n) is 11.2. The highest BCUT2D eigenvalue weighted by Crippen LogP contribution is 2.27. The molecule has 9 heteroatoms. The molecule has 1 heterocycles. The maximum atomic E-state index is 12.0. The minimum atomic E-state index is -4.31. The van der Waals surface area contributed by atoms with Crippen LogP contribution >= 0.6 is 15.9 Å². The lowest BCUT2D eigenvalue weighted by Gasteiger charge is -2.20. The number of ether oxygens (including phenoxy) is 1. The number of alkyl halides is 3. The van der Waals surface area contributed by atoms with Gasteiger partial charge in [-0.1, -0.05) is 0 Å². The molecule has 1 unspecified atom stereocenters. The van der Waals surface area contributed by atoms with E-state index in [4.69, 9.17) is 5.84 Å². The number of aromatic nitrogens is 2. The van der Waals surface area contributed by atoms with Gasteiger partial charge < -0.3 is 4.74 Å². The Labute approximate surface area is 123 Å². The largest absolute Gasteiger partial charge is 0.411 e. The van der Waals surface area contributed by atoms with Crippen molar-refractivity contribution in [3.8, 4) is 0 Å². The van der Waals surface area contributed by atoms with Gasteiger partial charge in [-0.15, -0.1) is 0 Å². The number of hydrogen-bond donors (Lipinski definition) is 2. The monoisotopic (exact) mass is 358 g/mol. The molecule has 0 radical (unpaired) electrons. The Bertz CT molecular complexity index is 422. The maximum Gasteiger partial charge on any atom is 0.411 e. The number of rotatable bonds is 7. The summed E-state index contributed by atoms with van der Waals surface area (Å²) in [6.45, 7) is 2.60. The number of halogens is 4. The fourth-order valence-electron chi connectivity index (χ4n) is 1.78. The van der Waals surface area contributed by atoms with Crippen molar-refractivity contribution in [2.24, 2.45) is 5.84 Å². The smallest absolute Gasteiger partial charge is 0.372 e. The third-order valence-corrected chi connectivity index (χ3v) is 3.23. The molecule has 0 fully saturated rings. The van der Waals surface area contributed by atoms with Crippen LogP contribution in [0.25, 0.3) is 0 Å². The van der Waals surface area contributed by atoms with Crippen molar-refractivity contribution in [1.29, 1.82) is 0 Å². The minimum absolute atomic E-state index is 0.0515. The van der Waals surface area contributed by atoms with Crippen molar-refractivity contribution in [3.05, 3.63) is 16.4 Å². The van der Waals surface area contributed by atoms with Crippen molar-refractivity contribution in [1.82, 2.24) is 15.2 Å². The Balaban J connectivity index is 2.65. The standard InChI is InChI=1S/C11H18BrF3N4O/c1-7(2)19-10(8(12)5-17-19)9(18-16)3-4-20-6-11(13,14)15/h5,7,9,18H,3-4,6,16H2,1-2H3.